The van der Waals surface area contributed by atoms with Crippen molar-refractivity contribution in [2.45, 2.75) is 22.1 Å². The molecule has 0 aliphatic carbocycles. The van der Waals surface area contributed by atoms with E-state index in [0.29, 0.717) is 0 Å². The van der Waals surface area contributed by atoms with E-state index in [2.05, 4.69) is 5.14 Å². The lowest BCUT2D eigenvalue weighted by atomic mass is 10.1. The highest BCUT2D eigenvalue weighted by Crippen LogP contribution is 2.41. The van der Waals surface area contributed by atoms with Gasteiger partial charge in [0, 0.05) is 10.7 Å². The second-order valence-corrected chi connectivity index (χ2v) is 9.60. The van der Waals surface area contributed by atoms with Crippen LogP contribution in [0.3, 0.4) is 0 Å². The molecule has 0 aliphatic heterocycles. The van der Waals surface area contributed by atoms with Gasteiger partial charge in [-0.2, -0.15) is 26.3 Å². The van der Waals surface area contributed by atoms with E-state index in [-0.39, 0.29) is 17.0 Å². The molecule has 0 saturated heterocycles. The second kappa shape index (κ2) is 8.68. The molecule has 2 aromatic rings. The van der Waals surface area contributed by atoms with E-state index in [9.17, 15) is 43.2 Å². The number of primary sulfonamides is 1. The predicted octanol–water partition coefficient (Wildman–Crippen LogP) is 4.64. The van der Waals surface area contributed by atoms with Crippen LogP contribution in [0.4, 0.5) is 26.3 Å². The molecule has 0 spiro atoms. The van der Waals surface area contributed by atoms with Gasteiger partial charge in [-0.05, 0) is 24.3 Å². The number of hydrogen-bond acceptors (Lipinski definition) is 4. The average molecular weight is 504 g/mol. The Bertz CT molecular complexity index is 1090. The molecular weight excluding hydrogens is 495 g/mol. The van der Waals surface area contributed by atoms with E-state index in [0.717, 1.165) is 0 Å². The van der Waals surface area contributed by atoms with Gasteiger partial charge in [0.15, 0.2) is 0 Å². The zero-order valence-corrected chi connectivity index (χ0v) is 16.7. The third kappa shape index (κ3) is 7.33. The van der Waals surface area contributed by atoms with Crippen molar-refractivity contribution in [2.75, 3.05) is 0 Å². The second-order valence-electron chi connectivity index (χ2n) is 5.13. The number of hydrogen-bond donors (Lipinski definition) is 1. The lowest BCUT2D eigenvalue weighted by Gasteiger charge is -2.15. The van der Waals surface area contributed by atoms with Gasteiger partial charge in [-0.3, -0.25) is 0 Å². The largest absolute Gasteiger partial charge is 0.417 e. The molecule has 15 heteroatoms. The lowest BCUT2D eigenvalue weighted by molar-refractivity contribution is -0.143. The molecule has 5 nitrogen and oxygen atoms in total. The maximum absolute atomic E-state index is 12.5. The quantitative estimate of drug-likeness (QED) is 0.477. The van der Waals surface area contributed by atoms with Crippen LogP contribution in [0, 0.1) is 0 Å². The van der Waals surface area contributed by atoms with Crippen LogP contribution in [0.25, 0.3) is 0 Å². The van der Waals surface area contributed by atoms with Gasteiger partial charge in [-0.25, -0.2) is 22.0 Å². The first-order valence-corrected chi connectivity index (χ1v) is 11.1. The van der Waals surface area contributed by atoms with Gasteiger partial charge in [0.05, 0.1) is 21.0 Å². The molecule has 0 unspecified atom stereocenters. The Balaban J connectivity index is 0.000000352. The van der Waals surface area contributed by atoms with Crippen molar-refractivity contribution in [1.82, 2.24) is 0 Å². The highest BCUT2D eigenvalue weighted by molar-refractivity contribution is 8.13. The van der Waals surface area contributed by atoms with Crippen molar-refractivity contribution >= 4 is 41.4 Å². The third-order valence-electron chi connectivity index (χ3n) is 3.00. The van der Waals surface area contributed by atoms with Crippen molar-refractivity contribution in [3.8, 4) is 0 Å². The van der Waals surface area contributed by atoms with Crippen LogP contribution in [-0.4, -0.2) is 16.8 Å². The maximum atomic E-state index is 12.5. The van der Waals surface area contributed by atoms with E-state index in [1.54, 1.807) is 18.2 Å². The molecule has 162 valence electrons. The molecule has 2 rings (SSSR count). The van der Waals surface area contributed by atoms with Gasteiger partial charge in [0.1, 0.15) is 4.90 Å². The third-order valence-corrected chi connectivity index (χ3v) is 5.83. The van der Waals surface area contributed by atoms with E-state index >= 15 is 0 Å². The molecule has 0 saturated carbocycles. The highest BCUT2D eigenvalue weighted by atomic mass is 35.7. The molecule has 0 heterocycles. The Hall–Kier alpha value is -1.54. The summed E-state index contributed by atoms with van der Waals surface area (Å²) in [5, 5.41) is 3.14. The Kier molecular flexibility index (Phi) is 7.63. The molecule has 0 amide bonds. The van der Waals surface area contributed by atoms with Crippen LogP contribution in [0.15, 0.2) is 52.3 Å². The average Bonchev–Trinajstić information content (AvgIpc) is 2.52. The summed E-state index contributed by atoms with van der Waals surface area (Å²) in [6, 6.07) is 7.53. The minimum atomic E-state index is -5.25. The number of benzene rings is 2. The smallest absolute Gasteiger partial charge is 0.225 e. The fraction of sp³-hybridized carbons (Fsp3) is 0.143. The summed E-state index contributed by atoms with van der Waals surface area (Å²) in [5.74, 6) is 0. The molecule has 0 aliphatic rings. The summed E-state index contributed by atoms with van der Waals surface area (Å²) in [6.45, 7) is 0. The first kappa shape index (κ1) is 25.5. The Morgan fingerprint density at radius 1 is 0.828 bits per heavy atom. The minimum Gasteiger partial charge on any atom is -0.225 e. The van der Waals surface area contributed by atoms with Gasteiger partial charge in [0.25, 0.3) is 9.05 Å². The Morgan fingerprint density at radius 3 is 1.62 bits per heavy atom. The van der Waals surface area contributed by atoms with Crippen LogP contribution in [0.2, 0.25) is 5.02 Å². The van der Waals surface area contributed by atoms with Crippen LogP contribution in [0.1, 0.15) is 11.1 Å². The zero-order chi connectivity index (χ0) is 22.8. The fourth-order valence-electron chi connectivity index (χ4n) is 1.76. The van der Waals surface area contributed by atoms with Gasteiger partial charge >= 0.3 is 12.4 Å². The Morgan fingerprint density at radius 2 is 1.31 bits per heavy atom. The monoisotopic (exact) mass is 503 g/mol. The predicted molar refractivity (Wildman–Crippen MR) is 92.3 cm³/mol. The van der Waals surface area contributed by atoms with Crippen LogP contribution in [-0.2, 0) is 31.4 Å². The summed E-state index contributed by atoms with van der Waals surface area (Å²) in [5.41, 5.74) is -3.73. The molecule has 29 heavy (non-hydrogen) atoms. The standard InChI is InChI=1S/C8H4ClF6NO2S.C6H5ClO2S/c9-6-4(8(13,14)15)1-3(7(10,11)12)2-5(6)19(16,17)18;7-10(8,9)6-4-2-1-3-5-6/h1-2H,(H2,16,17,18);1-5H. The molecule has 2 aromatic carbocycles. The van der Waals surface area contributed by atoms with Crippen LogP contribution >= 0.6 is 22.3 Å². The number of rotatable bonds is 2. The molecule has 0 fully saturated rings. The van der Waals surface area contributed by atoms with Crippen molar-refractivity contribution in [3.63, 3.8) is 0 Å². The summed E-state index contributed by atoms with van der Waals surface area (Å²) in [6.07, 6.45) is -10.4. The maximum Gasteiger partial charge on any atom is 0.417 e. The fourth-order valence-corrected chi connectivity index (χ4v) is 3.74. The number of halogens is 8. The first-order valence-electron chi connectivity index (χ1n) is 6.85. The molecule has 0 bridgehead atoms. The molecular formula is C14H9Cl2F6NO4S2. The van der Waals surface area contributed by atoms with Gasteiger partial charge in [-0.15, -0.1) is 0 Å². The lowest BCUT2D eigenvalue weighted by Crippen LogP contribution is -2.18. The number of sulfonamides is 1. The highest BCUT2D eigenvalue weighted by Gasteiger charge is 2.40. The van der Waals surface area contributed by atoms with Gasteiger partial charge in [0.2, 0.25) is 10.0 Å². The SMILES string of the molecule is NS(=O)(=O)c1cc(C(F)(F)F)cc(C(F)(F)F)c1Cl.O=S(=O)(Cl)c1ccccc1. The van der Waals surface area contributed by atoms with E-state index in [1.807, 2.05) is 0 Å². The van der Waals surface area contributed by atoms with Crippen molar-refractivity contribution < 1.29 is 43.2 Å². The number of alkyl halides is 6. The van der Waals surface area contributed by atoms with Crippen molar-refractivity contribution in [1.29, 1.82) is 0 Å². The van der Waals surface area contributed by atoms with E-state index in [4.69, 9.17) is 22.3 Å². The molecule has 2 N–H and O–H groups in total. The van der Waals surface area contributed by atoms with Gasteiger partial charge < -0.3 is 0 Å². The van der Waals surface area contributed by atoms with Crippen LogP contribution < -0.4 is 5.14 Å². The topological polar surface area (TPSA) is 94.3 Å². The number of nitrogens with two attached hydrogens (primary N) is 1. The zero-order valence-electron chi connectivity index (χ0n) is 13.6. The molecule has 0 atom stereocenters. The van der Waals surface area contributed by atoms with E-state index < -0.39 is 52.5 Å². The summed E-state index contributed by atoms with van der Waals surface area (Å²) in [7, 11) is -3.33. The van der Waals surface area contributed by atoms with Gasteiger partial charge in [-0.1, -0.05) is 29.8 Å². The summed E-state index contributed by atoms with van der Waals surface area (Å²) >= 11 is 5.15. The van der Waals surface area contributed by atoms with Crippen molar-refractivity contribution in [3.05, 3.63) is 58.6 Å². The first-order chi connectivity index (χ1) is 12.8. The van der Waals surface area contributed by atoms with Crippen molar-refractivity contribution in [2.24, 2.45) is 5.14 Å². The summed E-state index contributed by atoms with van der Waals surface area (Å²) < 4.78 is 118. The summed E-state index contributed by atoms with van der Waals surface area (Å²) in [4.78, 5) is -1.30. The van der Waals surface area contributed by atoms with Crippen LogP contribution in [0.5, 0.6) is 0 Å². The Labute approximate surface area is 170 Å². The molecule has 0 aromatic heterocycles. The minimum absolute atomic E-state index is 0.0487. The normalized spacial score (nSPS) is 12.9. The van der Waals surface area contributed by atoms with E-state index in [1.165, 1.54) is 12.1 Å². The molecule has 0 radical (unpaired) electrons.